The fourth-order valence-electron chi connectivity index (χ4n) is 2.41. The van der Waals surface area contributed by atoms with Gasteiger partial charge < -0.3 is 19.5 Å². The van der Waals surface area contributed by atoms with Crippen LogP contribution in [0, 0.1) is 0 Å². The highest BCUT2D eigenvalue weighted by molar-refractivity contribution is 5.32. The van der Waals surface area contributed by atoms with E-state index in [-0.39, 0.29) is 0 Å². The Morgan fingerprint density at radius 3 is 3.00 bits per heavy atom. The highest BCUT2D eigenvalue weighted by atomic mass is 16.5. The fraction of sp³-hybridized carbons (Fsp3) is 0.625. The summed E-state index contributed by atoms with van der Waals surface area (Å²) in [6.45, 7) is 3.98. The number of unbranched alkanes of at least 4 members (excludes halogenated alkanes) is 1. The van der Waals surface area contributed by atoms with E-state index in [0.29, 0.717) is 6.10 Å². The first-order valence-electron chi connectivity index (χ1n) is 7.58. The van der Waals surface area contributed by atoms with E-state index in [1.807, 2.05) is 24.3 Å². The predicted octanol–water partition coefficient (Wildman–Crippen LogP) is 1.60. The largest absolute Gasteiger partial charge is 0.497 e. The molecule has 1 fully saturated rings. The van der Waals surface area contributed by atoms with Crippen LogP contribution in [0.1, 0.15) is 25.7 Å². The average Bonchev–Trinajstić information content (AvgIpc) is 3.00. The van der Waals surface area contributed by atoms with E-state index in [2.05, 4.69) is 5.32 Å². The van der Waals surface area contributed by atoms with Crippen LogP contribution in [0.3, 0.4) is 0 Å². The molecular formula is C16H26NO3+. The number of benzene rings is 1. The van der Waals surface area contributed by atoms with E-state index in [9.17, 15) is 0 Å². The lowest BCUT2D eigenvalue weighted by Crippen LogP contribution is -2.86. The molecule has 2 rings (SSSR count). The topological polar surface area (TPSA) is 44.3 Å². The van der Waals surface area contributed by atoms with Crippen molar-refractivity contribution in [3.63, 3.8) is 0 Å². The summed E-state index contributed by atoms with van der Waals surface area (Å²) in [5.41, 5.74) is 0. The lowest BCUT2D eigenvalue weighted by atomic mass is 10.2. The number of hydrogen-bond acceptors (Lipinski definition) is 3. The van der Waals surface area contributed by atoms with Gasteiger partial charge in [-0.25, -0.2) is 0 Å². The minimum absolute atomic E-state index is 0.489. The van der Waals surface area contributed by atoms with Crippen LogP contribution >= 0.6 is 0 Å². The van der Waals surface area contributed by atoms with Gasteiger partial charge in [-0.1, -0.05) is 6.07 Å². The second-order valence-corrected chi connectivity index (χ2v) is 5.18. The Balaban J connectivity index is 1.48. The van der Waals surface area contributed by atoms with Gasteiger partial charge in [0, 0.05) is 12.7 Å². The molecule has 0 aliphatic carbocycles. The maximum Gasteiger partial charge on any atom is 0.122 e. The van der Waals surface area contributed by atoms with Crippen molar-refractivity contribution in [2.45, 2.75) is 31.8 Å². The molecule has 4 heteroatoms. The standard InChI is InChI=1S/C16H25NO3/c1-18-14-6-4-7-15(12-14)19-10-3-2-9-17-13-16-8-5-11-20-16/h4,6-7,12,16-17H,2-3,5,8-11,13H2,1H3/p+1/t16-/m1/s1. The molecule has 0 spiro atoms. The van der Waals surface area contributed by atoms with Crippen molar-refractivity contribution < 1.29 is 19.5 Å². The van der Waals surface area contributed by atoms with Crippen molar-refractivity contribution in [1.29, 1.82) is 0 Å². The first-order chi connectivity index (χ1) is 9.88. The van der Waals surface area contributed by atoms with Crippen LogP contribution in [0.4, 0.5) is 0 Å². The number of ether oxygens (including phenoxy) is 3. The molecule has 1 aliphatic heterocycles. The highest BCUT2D eigenvalue weighted by Gasteiger charge is 2.16. The van der Waals surface area contributed by atoms with E-state index < -0.39 is 0 Å². The Morgan fingerprint density at radius 1 is 1.30 bits per heavy atom. The smallest absolute Gasteiger partial charge is 0.122 e. The molecule has 1 aromatic carbocycles. The first kappa shape index (κ1) is 15.1. The Bertz CT molecular complexity index is 378. The average molecular weight is 280 g/mol. The second-order valence-electron chi connectivity index (χ2n) is 5.18. The third kappa shape index (κ3) is 5.39. The molecule has 0 radical (unpaired) electrons. The zero-order chi connectivity index (χ0) is 14.0. The van der Waals surface area contributed by atoms with E-state index in [4.69, 9.17) is 14.2 Å². The lowest BCUT2D eigenvalue weighted by Gasteiger charge is -2.09. The van der Waals surface area contributed by atoms with Crippen molar-refractivity contribution >= 4 is 0 Å². The molecule has 112 valence electrons. The molecule has 4 nitrogen and oxygen atoms in total. The minimum Gasteiger partial charge on any atom is -0.497 e. The quantitative estimate of drug-likeness (QED) is 0.699. The normalized spacial score (nSPS) is 18.1. The van der Waals surface area contributed by atoms with Crippen molar-refractivity contribution in [1.82, 2.24) is 0 Å². The first-order valence-corrected chi connectivity index (χ1v) is 7.58. The van der Waals surface area contributed by atoms with Crippen LogP contribution in [-0.4, -0.2) is 39.5 Å². The molecule has 1 aromatic rings. The molecule has 2 N–H and O–H groups in total. The van der Waals surface area contributed by atoms with Crippen LogP contribution in [0.15, 0.2) is 24.3 Å². The number of methoxy groups -OCH3 is 1. The van der Waals surface area contributed by atoms with Gasteiger partial charge >= 0.3 is 0 Å². The monoisotopic (exact) mass is 280 g/mol. The van der Waals surface area contributed by atoms with Gasteiger partial charge in [-0.05, 0) is 37.8 Å². The third-order valence-corrected chi connectivity index (χ3v) is 3.57. The zero-order valence-electron chi connectivity index (χ0n) is 12.3. The van der Waals surface area contributed by atoms with Crippen molar-refractivity contribution in [2.24, 2.45) is 0 Å². The van der Waals surface area contributed by atoms with Crippen molar-refractivity contribution in [2.75, 3.05) is 33.4 Å². The summed E-state index contributed by atoms with van der Waals surface area (Å²) in [6.07, 6.45) is 5.21. The Morgan fingerprint density at radius 2 is 2.20 bits per heavy atom. The number of rotatable bonds is 9. The van der Waals surface area contributed by atoms with Crippen LogP contribution in [0.5, 0.6) is 11.5 Å². The molecule has 20 heavy (non-hydrogen) atoms. The van der Waals surface area contributed by atoms with E-state index in [1.54, 1.807) is 7.11 Å². The van der Waals surface area contributed by atoms with Gasteiger partial charge in [0.15, 0.2) is 0 Å². The molecule has 1 atom stereocenters. The van der Waals surface area contributed by atoms with Gasteiger partial charge in [-0.3, -0.25) is 0 Å². The summed E-state index contributed by atoms with van der Waals surface area (Å²) >= 11 is 0. The van der Waals surface area contributed by atoms with Crippen molar-refractivity contribution in [3.8, 4) is 11.5 Å². The molecule has 0 saturated carbocycles. The van der Waals surface area contributed by atoms with Crippen molar-refractivity contribution in [3.05, 3.63) is 24.3 Å². The molecule has 0 unspecified atom stereocenters. The van der Waals surface area contributed by atoms with Crippen LogP contribution < -0.4 is 14.8 Å². The molecule has 0 bridgehead atoms. The molecule has 1 aliphatic rings. The van der Waals surface area contributed by atoms with E-state index in [1.165, 1.54) is 19.3 Å². The molecular weight excluding hydrogens is 254 g/mol. The molecule has 1 heterocycles. The third-order valence-electron chi connectivity index (χ3n) is 3.57. The molecule has 0 amide bonds. The number of quaternary nitrogens is 1. The fourth-order valence-corrected chi connectivity index (χ4v) is 2.41. The van der Waals surface area contributed by atoms with Gasteiger partial charge in [-0.15, -0.1) is 0 Å². The maximum atomic E-state index is 5.71. The zero-order valence-corrected chi connectivity index (χ0v) is 12.3. The van der Waals surface area contributed by atoms with Gasteiger partial charge in [0.25, 0.3) is 0 Å². The Kier molecular flexibility index (Phi) is 6.68. The predicted molar refractivity (Wildman–Crippen MR) is 78.4 cm³/mol. The summed E-state index contributed by atoms with van der Waals surface area (Å²) in [7, 11) is 1.67. The SMILES string of the molecule is COc1cccc(OCCCC[NH2+]C[C@H]2CCCO2)c1. The maximum absolute atomic E-state index is 5.71. The van der Waals surface area contributed by atoms with Gasteiger partial charge in [0.1, 0.15) is 24.1 Å². The second kappa shape index (κ2) is 8.82. The van der Waals surface area contributed by atoms with E-state index >= 15 is 0 Å². The minimum atomic E-state index is 0.489. The Labute approximate surface area is 121 Å². The summed E-state index contributed by atoms with van der Waals surface area (Å²) in [5, 5.41) is 2.36. The molecule has 0 aromatic heterocycles. The Hall–Kier alpha value is -1.26. The lowest BCUT2D eigenvalue weighted by molar-refractivity contribution is -0.661. The van der Waals surface area contributed by atoms with Crippen LogP contribution in [0.25, 0.3) is 0 Å². The van der Waals surface area contributed by atoms with Crippen LogP contribution in [-0.2, 0) is 4.74 Å². The number of hydrogen-bond donors (Lipinski definition) is 1. The van der Waals surface area contributed by atoms with Gasteiger partial charge in [0.05, 0.1) is 20.3 Å². The number of nitrogens with two attached hydrogens (primary N) is 1. The summed E-state index contributed by atoms with van der Waals surface area (Å²) in [6, 6.07) is 7.76. The van der Waals surface area contributed by atoms with Crippen LogP contribution in [0.2, 0.25) is 0 Å². The summed E-state index contributed by atoms with van der Waals surface area (Å²) in [5.74, 6) is 1.72. The molecule has 1 saturated heterocycles. The van der Waals surface area contributed by atoms with E-state index in [0.717, 1.165) is 44.2 Å². The summed E-state index contributed by atoms with van der Waals surface area (Å²) in [4.78, 5) is 0. The summed E-state index contributed by atoms with van der Waals surface area (Å²) < 4.78 is 16.5. The van der Waals surface area contributed by atoms with Gasteiger partial charge in [0.2, 0.25) is 0 Å². The highest BCUT2D eigenvalue weighted by Crippen LogP contribution is 2.18. The van der Waals surface area contributed by atoms with Gasteiger partial charge in [-0.2, -0.15) is 0 Å².